The Bertz CT molecular complexity index is 192. The Morgan fingerprint density at radius 2 is 1.28 bits per heavy atom. The monoisotopic (exact) mass is 257 g/mol. The Hall–Kier alpha value is -0.120. The van der Waals surface area contributed by atoms with E-state index >= 15 is 0 Å². The van der Waals surface area contributed by atoms with Crippen LogP contribution in [0.5, 0.6) is 0 Å². The number of likely N-dealkylation sites (N-methyl/N-ethyl adjacent to an activating group) is 3. The van der Waals surface area contributed by atoms with Crippen molar-refractivity contribution < 1.29 is 0 Å². The van der Waals surface area contributed by atoms with Crippen LogP contribution in [0.1, 0.15) is 41.5 Å². The average molecular weight is 257 g/mol. The molecule has 0 rings (SSSR count). The molecule has 3 heteroatoms. The van der Waals surface area contributed by atoms with Gasteiger partial charge in [-0.3, -0.25) is 4.90 Å². The van der Waals surface area contributed by atoms with E-state index in [1.807, 2.05) is 0 Å². The zero-order chi connectivity index (χ0) is 14.1. The second-order valence-electron chi connectivity index (χ2n) is 5.73. The molecule has 110 valence electrons. The summed E-state index contributed by atoms with van der Waals surface area (Å²) in [5.74, 6) is 0. The van der Waals surface area contributed by atoms with Crippen LogP contribution in [0.3, 0.4) is 0 Å². The van der Waals surface area contributed by atoms with E-state index in [4.69, 9.17) is 0 Å². The van der Waals surface area contributed by atoms with Crippen molar-refractivity contribution in [1.29, 1.82) is 0 Å². The van der Waals surface area contributed by atoms with Gasteiger partial charge >= 0.3 is 0 Å². The Morgan fingerprint density at radius 3 is 1.67 bits per heavy atom. The maximum Gasteiger partial charge on any atom is 0.0112 e. The van der Waals surface area contributed by atoms with E-state index in [1.54, 1.807) is 0 Å². The minimum absolute atomic E-state index is 0.645. The van der Waals surface area contributed by atoms with E-state index < -0.39 is 0 Å². The maximum absolute atomic E-state index is 2.56. The number of rotatable bonds is 10. The minimum atomic E-state index is 0.645. The van der Waals surface area contributed by atoms with Gasteiger partial charge in [-0.15, -0.1) is 0 Å². The van der Waals surface area contributed by atoms with Gasteiger partial charge < -0.3 is 9.80 Å². The Labute approximate surface area is 115 Å². The summed E-state index contributed by atoms with van der Waals surface area (Å²) in [7, 11) is 2.21. The average Bonchev–Trinajstić information content (AvgIpc) is 2.32. The van der Waals surface area contributed by atoms with Crippen molar-refractivity contribution >= 4 is 0 Å². The highest BCUT2D eigenvalue weighted by Gasteiger charge is 2.10. The molecule has 0 bridgehead atoms. The van der Waals surface area contributed by atoms with Crippen LogP contribution in [0.4, 0.5) is 0 Å². The zero-order valence-corrected chi connectivity index (χ0v) is 13.7. The van der Waals surface area contributed by atoms with Crippen LogP contribution in [0.2, 0.25) is 0 Å². The molecule has 18 heavy (non-hydrogen) atoms. The molecule has 0 radical (unpaired) electrons. The van der Waals surface area contributed by atoms with E-state index in [-0.39, 0.29) is 0 Å². The Morgan fingerprint density at radius 1 is 0.722 bits per heavy atom. The standard InChI is InChI=1S/C15H35N3/c1-8-17(11-10-16(7)14(3)4)12-13-18(9-2)15(5)6/h14-15H,8-13H2,1-7H3. The minimum Gasteiger partial charge on any atom is -0.303 e. The van der Waals surface area contributed by atoms with E-state index in [0.717, 1.165) is 13.1 Å². The molecule has 0 aromatic heterocycles. The summed E-state index contributed by atoms with van der Waals surface area (Å²) in [6.45, 7) is 20.6. The third-order valence-corrected chi connectivity index (χ3v) is 3.94. The fourth-order valence-electron chi connectivity index (χ4n) is 2.04. The van der Waals surface area contributed by atoms with Crippen LogP contribution in [0, 0.1) is 0 Å². The first-order valence-corrected chi connectivity index (χ1v) is 7.58. The number of hydrogen-bond donors (Lipinski definition) is 0. The van der Waals surface area contributed by atoms with E-state index in [0.29, 0.717) is 12.1 Å². The maximum atomic E-state index is 2.56. The molecule has 0 fully saturated rings. The Kier molecular flexibility index (Phi) is 9.70. The van der Waals surface area contributed by atoms with Gasteiger partial charge in [-0.1, -0.05) is 13.8 Å². The van der Waals surface area contributed by atoms with Crippen LogP contribution in [-0.2, 0) is 0 Å². The molecule has 0 aliphatic rings. The molecule has 0 amide bonds. The molecule has 3 nitrogen and oxygen atoms in total. The SMILES string of the molecule is CCN(CCN(C)C(C)C)CCN(CC)C(C)C. The normalized spacial score (nSPS) is 12.7. The molecule has 0 N–H and O–H groups in total. The van der Waals surface area contributed by atoms with Crippen LogP contribution >= 0.6 is 0 Å². The molecular weight excluding hydrogens is 222 g/mol. The summed E-state index contributed by atoms with van der Waals surface area (Å²) in [6.07, 6.45) is 0. The van der Waals surface area contributed by atoms with E-state index in [2.05, 4.69) is 63.3 Å². The van der Waals surface area contributed by atoms with Crippen molar-refractivity contribution in [3.63, 3.8) is 0 Å². The second-order valence-corrected chi connectivity index (χ2v) is 5.73. The van der Waals surface area contributed by atoms with Gasteiger partial charge in [-0.25, -0.2) is 0 Å². The molecule has 0 aromatic rings. The Balaban J connectivity index is 3.96. The van der Waals surface area contributed by atoms with Crippen molar-refractivity contribution in [2.75, 3.05) is 46.3 Å². The van der Waals surface area contributed by atoms with Crippen LogP contribution in [0.25, 0.3) is 0 Å². The first kappa shape index (κ1) is 17.9. The predicted molar refractivity (Wildman–Crippen MR) is 82.3 cm³/mol. The van der Waals surface area contributed by atoms with Gasteiger partial charge in [0.15, 0.2) is 0 Å². The zero-order valence-electron chi connectivity index (χ0n) is 13.7. The van der Waals surface area contributed by atoms with Crippen molar-refractivity contribution in [3.8, 4) is 0 Å². The first-order chi connectivity index (χ1) is 8.42. The molecule has 0 saturated heterocycles. The molecular formula is C15H35N3. The van der Waals surface area contributed by atoms with Crippen LogP contribution in [0.15, 0.2) is 0 Å². The van der Waals surface area contributed by atoms with Gasteiger partial charge in [0, 0.05) is 38.3 Å². The van der Waals surface area contributed by atoms with Gasteiger partial charge in [0.05, 0.1) is 0 Å². The fourth-order valence-corrected chi connectivity index (χ4v) is 2.04. The van der Waals surface area contributed by atoms with Gasteiger partial charge in [-0.2, -0.15) is 0 Å². The smallest absolute Gasteiger partial charge is 0.0112 e. The van der Waals surface area contributed by atoms with Gasteiger partial charge in [-0.05, 0) is 47.8 Å². The van der Waals surface area contributed by atoms with Crippen molar-refractivity contribution in [2.45, 2.75) is 53.6 Å². The van der Waals surface area contributed by atoms with Crippen LogP contribution in [-0.4, -0.2) is 73.1 Å². The van der Waals surface area contributed by atoms with E-state index in [1.165, 1.54) is 26.2 Å². The second kappa shape index (κ2) is 9.76. The van der Waals surface area contributed by atoms with Crippen molar-refractivity contribution in [2.24, 2.45) is 0 Å². The van der Waals surface area contributed by atoms with Crippen LogP contribution < -0.4 is 0 Å². The van der Waals surface area contributed by atoms with Gasteiger partial charge in [0.1, 0.15) is 0 Å². The van der Waals surface area contributed by atoms with E-state index in [9.17, 15) is 0 Å². The summed E-state index contributed by atoms with van der Waals surface area (Å²) in [5.41, 5.74) is 0. The van der Waals surface area contributed by atoms with Crippen molar-refractivity contribution in [1.82, 2.24) is 14.7 Å². The fraction of sp³-hybridized carbons (Fsp3) is 1.00. The summed E-state index contributed by atoms with van der Waals surface area (Å²) in [4.78, 5) is 7.52. The third-order valence-electron chi connectivity index (χ3n) is 3.94. The quantitative estimate of drug-likeness (QED) is 0.595. The summed E-state index contributed by atoms with van der Waals surface area (Å²) in [6, 6.07) is 1.30. The summed E-state index contributed by atoms with van der Waals surface area (Å²) >= 11 is 0. The topological polar surface area (TPSA) is 9.72 Å². The highest BCUT2D eigenvalue weighted by Crippen LogP contribution is 2.00. The molecule has 0 heterocycles. The number of nitrogens with zero attached hydrogens (tertiary/aromatic N) is 3. The molecule has 0 saturated carbocycles. The molecule has 0 aromatic carbocycles. The molecule has 0 spiro atoms. The summed E-state index contributed by atoms with van der Waals surface area (Å²) in [5, 5.41) is 0. The highest BCUT2D eigenvalue weighted by molar-refractivity contribution is 4.66. The lowest BCUT2D eigenvalue weighted by Gasteiger charge is -2.30. The lowest BCUT2D eigenvalue weighted by atomic mass is 10.3. The van der Waals surface area contributed by atoms with Crippen molar-refractivity contribution in [3.05, 3.63) is 0 Å². The lowest BCUT2D eigenvalue weighted by molar-refractivity contribution is 0.166. The molecule has 0 aliphatic heterocycles. The predicted octanol–water partition coefficient (Wildman–Crippen LogP) is 2.38. The third kappa shape index (κ3) is 7.34. The lowest BCUT2D eigenvalue weighted by Crippen LogP contribution is -2.41. The molecule has 0 aliphatic carbocycles. The first-order valence-electron chi connectivity index (χ1n) is 7.58. The van der Waals surface area contributed by atoms with Gasteiger partial charge in [0.2, 0.25) is 0 Å². The highest BCUT2D eigenvalue weighted by atomic mass is 15.2. The summed E-state index contributed by atoms with van der Waals surface area (Å²) < 4.78 is 0. The number of hydrogen-bond acceptors (Lipinski definition) is 3. The molecule has 0 unspecified atom stereocenters. The largest absolute Gasteiger partial charge is 0.303 e. The van der Waals surface area contributed by atoms with Gasteiger partial charge in [0.25, 0.3) is 0 Å². The molecule has 0 atom stereocenters.